The molecule has 132 valence electrons. The standard InChI is InChI=1S/C17H14Cl3NO4/c1-9(22)21-14-4-2-3-11(16(14)20)8-25-17-12(18)5-10(6-13(17)19)7-15(23)24/h2-6H,7-8H2,1H3,(H,21,22)(H,23,24). The summed E-state index contributed by atoms with van der Waals surface area (Å²) in [6.45, 7) is 1.46. The van der Waals surface area contributed by atoms with Crippen molar-refractivity contribution in [1.29, 1.82) is 0 Å². The fraction of sp³-hybridized carbons (Fsp3) is 0.176. The van der Waals surface area contributed by atoms with Gasteiger partial charge in [-0.2, -0.15) is 0 Å². The summed E-state index contributed by atoms with van der Waals surface area (Å²) >= 11 is 18.5. The molecule has 0 unspecified atom stereocenters. The van der Waals surface area contributed by atoms with Crippen LogP contribution >= 0.6 is 34.8 Å². The summed E-state index contributed by atoms with van der Waals surface area (Å²) in [5, 5.41) is 12.2. The summed E-state index contributed by atoms with van der Waals surface area (Å²) in [7, 11) is 0. The van der Waals surface area contributed by atoms with Crippen LogP contribution in [0, 0.1) is 0 Å². The molecule has 0 spiro atoms. The zero-order valence-electron chi connectivity index (χ0n) is 13.1. The number of carboxylic acids is 1. The Morgan fingerprint density at radius 3 is 2.36 bits per heavy atom. The summed E-state index contributed by atoms with van der Waals surface area (Å²) < 4.78 is 5.65. The number of ether oxygens (including phenoxy) is 1. The number of carbonyl (C=O) groups is 2. The van der Waals surface area contributed by atoms with Gasteiger partial charge in [0.2, 0.25) is 5.91 Å². The van der Waals surface area contributed by atoms with E-state index in [-0.39, 0.29) is 34.7 Å². The second kappa shape index (κ2) is 8.43. The molecule has 2 aromatic rings. The Kier molecular flexibility index (Phi) is 6.53. The van der Waals surface area contributed by atoms with Gasteiger partial charge in [0.05, 0.1) is 27.2 Å². The Morgan fingerprint density at radius 1 is 1.16 bits per heavy atom. The van der Waals surface area contributed by atoms with Crippen molar-refractivity contribution in [2.24, 2.45) is 0 Å². The average molecular weight is 403 g/mol. The lowest BCUT2D eigenvalue weighted by Crippen LogP contribution is -2.07. The van der Waals surface area contributed by atoms with E-state index in [0.29, 0.717) is 21.8 Å². The first-order valence-corrected chi connectivity index (χ1v) is 8.28. The van der Waals surface area contributed by atoms with E-state index in [9.17, 15) is 9.59 Å². The summed E-state index contributed by atoms with van der Waals surface area (Å²) in [6, 6.07) is 8.13. The number of carbonyl (C=O) groups excluding carboxylic acids is 1. The van der Waals surface area contributed by atoms with E-state index in [1.54, 1.807) is 18.2 Å². The van der Waals surface area contributed by atoms with E-state index < -0.39 is 5.97 Å². The molecule has 0 radical (unpaired) electrons. The Labute approximate surface area is 159 Å². The minimum Gasteiger partial charge on any atom is -0.486 e. The molecule has 0 bridgehead atoms. The van der Waals surface area contributed by atoms with Gasteiger partial charge in [-0.25, -0.2) is 0 Å². The van der Waals surface area contributed by atoms with Crippen molar-refractivity contribution in [3.05, 3.63) is 56.5 Å². The first-order valence-electron chi connectivity index (χ1n) is 7.15. The van der Waals surface area contributed by atoms with Crippen molar-refractivity contribution >= 4 is 52.4 Å². The Morgan fingerprint density at radius 2 is 1.80 bits per heavy atom. The van der Waals surface area contributed by atoms with Gasteiger partial charge in [0.1, 0.15) is 6.61 Å². The number of carboxylic acid groups (broad SMARTS) is 1. The van der Waals surface area contributed by atoms with Crippen LogP contribution in [0.3, 0.4) is 0 Å². The minimum absolute atomic E-state index is 0.0734. The van der Waals surface area contributed by atoms with Gasteiger partial charge in [0, 0.05) is 12.5 Å². The smallest absolute Gasteiger partial charge is 0.307 e. The molecule has 2 N–H and O–H groups in total. The number of nitrogens with one attached hydrogen (secondary N) is 1. The predicted molar refractivity (Wildman–Crippen MR) is 97.9 cm³/mol. The van der Waals surface area contributed by atoms with Gasteiger partial charge < -0.3 is 15.2 Å². The first kappa shape index (κ1) is 19.4. The molecule has 2 rings (SSSR count). The lowest BCUT2D eigenvalue weighted by Gasteiger charge is -2.14. The van der Waals surface area contributed by atoms with Gasteiger partial charge in [0.15, 0.2) is 5.75 Å². The number of halogens is 3. The monoisotopic (exact) mass is 401 g/mol. The number of benzene rings is 2. The molecule has 5 nitrogen and oxygen atoms in total. The number of aliphatic carboxylic acids is 1. The highest BCUT2D eigenvalue weighted by atomic mass is 35.5. The molecule has 0 saturated carbocycles. The summed E-state index contributed by atoms with van der Waals surface area (Å²) in [4.78, 5) is 21.9. The van der Waals surface area contributed by atoms with Gasteiger partial charge in [-0.3, -0.25) is 9.59 Å². The van der Waals surface area contributed by atoms with E-state index in [0.717, 1.165) is 0 Å². The maximum atomic E-state index is 11.2. The Balaban J connectivity index is 2.19. The molecular formula is C17H14Cl3NO4. The molecule has 8 heteroatoms. The molecule has 1 amide bonds. The van der Waals surface area contributed by atoms with Crippen LogP contribution < -0.4 is 10.1 Å². The topological polar surface area (TPSA) is 75.6 Å². The van der Waals surface area contributed by atoms with Crippen LogP contribution in [0.25, 0.3) is 0 Å². The normalized spacial score (nSPS) is 10.4. The first-order chi connectivity index (χ1) is 11.8. The Bertz CT molecular complexity index is 801. The van der Waals surface area contributed by atoms with Crippen LogP contribution in [-0.4, -0.2) is 17.0 Å². The van der Waals surface area contributed by atoms with E-state index in [2.05, 4.69) is 5.32 Å². The third-order valence-electron chi connectivity index (χ3n) is 3.17. The van der Waals surface area contributed by atoms with Crippen LogP contribution in [0.4, 0.5) is 5.69 Å². The summed E-state index contributed by atoms with van der Waals surface area (Å²) in [5.74, 6) is -0.985. The third-order valence-corrected chi connectivity index (χ3v) is 4.18. The zero-order chi connectivity index (χ0) is 18.6. The van der Waals surface area contributed by atoms with E-state index in [1.165, 1.54) is 19.1 Å². The molecule has 0 atom stereocenters. The van der Waals surface area contributed by atoms with Gasteiger partial charge >= 0.3 is 5.97 Å². The van der Waals surface area contributed by atoms with Gasteiger partial charge in [0.25, 0.3) is 0 Å². The SMILES string of the molecule is CC(=O)Nc1cccc(COc2c(Cl)cc(CC(=O)O)cc2Cl)c1Cl. The maximum absolute atomic E-state index is 11.2. The third kappa shape index (κ3) is 5.26. The van der Waals surface area contributed by atoms with Crippen LogP contribution in [0.2, 0.25) is 15.1 Å². The summed E-state index contributed by atoms with van der Waals surface area (Å²) in [6.07, 6.45) is -0.190. The quantitative estimate of drug-likeness (QED) is 0.727. The average Bonchev–Trinajstić information content (AvgIpc) is 2.48. The number of hydrogen-bond donors (Lipinski definition) is 2. The molecule has 0 aromatic heterocycles. The van der Waals surface area contributed by atoms with Gasteiger partial charge in [-0.1, -0.05) is 46.9 Å². The molecule has 25 heavy (non-hydrogen) atoms. The molecule has 0 saturated heterocycles. The second-order valence-corrected chi connectivity index (χ2v) is 6.40. The molecule has 0 heterocycles. The van der Waals surface area contributed by atoms with E-state index in [4.69, 9.17) is 44.6 Å². The van der Waals surface area contributed by atoms with Crippen molar-refractivity contribution in [3.63, 3.8) is 0 Å². The van der Waals surface area contributed by atoms with Crippen LogP contribution in [0.15, 0.2) is 30.3 Å². The van der Waals surface area contributed by atoms with Crippen molar-refractivity contribution in [3.8, 4) is 5.75 Å². The van der Waals surface area contributed by atoms with Crippen molar-refractivity contribution in [2.45, 2.75) is 20.0 Å². The van der Waals surface area contributed by atoms with Crippen LogP contribution in [0.1, 0.15) is 18.1 Å². The number of rotatable bonds is 6. The highest BCUT2D eigenvalue weighted by Gasteiger charge is 2.14. The molecule has 2 aromatic carbocycles. The lowest BCUT2D eigenvalue weighted by atomic mass is 10.1. The van der Waals surface area contributed by atoms with E-state index >= 15 is 0 Å². The van der Waals surface area contributed by atoms with Gasteiger partial charge in [-0.05, 0) is 23.8 Å². The minimum atomic E-state index is -0.984. The zero-order valence-corrected chi connectivity index (χ0v) is 15.4. The van der Waals surface area contributed by atoms with Gasteiger partial charge in [-0.15, -0.1) is 0 Å². The van der Waals surface area contributed by atoms with E-state index in [1.807, 2.05) is 0 Å². The number of anilines is 1. The molecule has 0 aliphatic rings. The summed E-state index contributed by atoms with van der Waals surface area (Å²) in [5.41, 5.74) is 1.58. The largest absolute Gasteiger partial charge is 0.486 e. The highest BCUT2D eigenvalue weighted by molar-refractivity contribution is 6.37. The molecular weight excluding hydrogens is 389 g/mol. The molecule has 0 fully saturated rings. The second-order valence-electron chi connectivity index (χ2n) is 5.21. The molecule has 0 aliphatic heterocycles. The number of amides is 1. The highest BCUT2D eigenvalue weighted by Crippen LogP contribution is 2.36. The van der Waals surface area contributed by atoms with Crippen molar-refractivity contribution in [1.82, 2.24) is 0 Å². The molecule has 0 aliphatic carbocycles. The van der Waals surface area contributed by atoms with Crippen molar-refractivity contribution in [2.75, 3.05) is 5.32 Å². The fourth-order valence-corrected chi connectivity index (χ4v) is 3.02. The maximum Gasteiger partial charge on any atom is 0.307 e. The predicted octanol–water partition coefficient (Wildman–Crippen LogP) is 4.81. The fourth-order valence-electron chi connectivity index (χ4n) is 2.15. The van der Waals surface area contributed by atoms with Crippen molar-refractivity contribution < 1.29 is 19.4 Å². The number of hydrogen-bond acceptors (Lipinski definition) is 3. The Hall–Kier alpha value is -1.95. The lowest BCUT2D eigenvalue weighted by molar-refractivity contribution is -0.136. The van der Waals surface area contributed by atoms with Crippen LogP contribution in [0.5, 0.6) is 5.75 Å². The van der Waals surface area contributed by atoms with Crippen LogP contribution in [-0.2, 0) is 22.6 Å².